The molecule has 7 heteroatoms. The fourth-order valence-corrected chi connectivity index (χ4v) is 1.22. The summed E-state index contributed by atoms with van der Waals surface area (Å²) < 4.78 is 5.13. The van der Waals surface area contributed by atoms with Gasteiger partial charge in [-0.3, -0.25) is 14.9 Å². The monoisotopic (exact) mass is 239 g/mol. The first kappa shape index (κ1) is 12.9. The molecule has 0 saturated heterocycles. The largest absolute Gasteiger partial charge is 0.486 e. The molecule has 0 aliphatic heterocycles. The van der Waals surface area contributed by atoms with E-state index in [4.69, 9.17) is 16.2 Å². The first-order chi connectivity index (χ1) is 8.04. The van der Waals surface area contributed by atoms with Crippen molar-refractivity contribution in [1.29, 1.82) is 0 Å². The molecule has 1 rings (SSSR count). The van der Waals surface area contributed by atoms with Crippen LogP contribution >= 0.6 is 0 Å². The number of nitrogens with zero attached hydrogens (tertiary/aromatic N) is 1. The van der Waals surface area contributed by atoms with Crippen molar-refractivity contribution in [2.75, 3.05) is 6.61 Å². The molecule has 0 aromatic heterocycles. The van der Waals surface area contributed by atoms with E-state index in [0.717, 1.165) is 0 Å². The van der Waals surface area contributed by atoms with Crippen LogP contribution in [0.15, 0.2) is 18.2 Å². The maximum Gasteiger partial charge on any atom is 0.311 e. The van der Waals surface area contributed by atoms with Gasteiger partial charge in [0.2, 0.25) is 5.91 Å². The van der Waals surface area contributed by atoms with Crippen molar-refractivity contribution in [2.45, 2.75) is 13.0 Å². The summed E-state index contributed by atoms with van der Waals surface area (Å²) in [6.45, 7) is 0.223. The molecular formula is C10H13N3O4. The topological polar surface area (TPSA) is 121 Å². The van der Waals surface area contributed by atoms with Crippen LogP contribution in [0.3, 0.4) is 0 Å². The molecule has 0 fully saturated rings. The van der Waals surface area contributed by atoms with E-state index in [-0.39, 0.29) is 31.0 Å². The molecule has 92 valence electrons. The number of nitrogens with two attached hydrogens (primary N) is 2. The van der Waals surface area contributed by atoms with E-state index >= 15 is 0 Å². The number of primary amides is 1. The number of amides is 1. The smallest absolute Gasteiger partial charge is 0.311 e. The minimum absolute atomic E-state index is 0.00972. The number of carbonyl (C=O) groups excluding carboxylic acids is 1. The van der Waals surface area contributed by atoms with Crippen LogP contribution in [0, 0.1) is 10.1 Å². The lowest BCUT2D eigenvalue weighted by molar-refractivity contribution is -0.385. The number of benzene rings is 1. The van der Waals surface area contributed by atoms with E-state index in [1.807, 2.05) is 0 Å². The zero-order valence-corrected chi connectivity index (χ0v) is 9.09. The van der Waals surface area contributed by atoms with E-state index in [0.29, 0.717) is 5.56 Å². The van der Waals surface area contributed by atoms with Gasteiger partial charge in [0.05, 0.1) is 18.0 Å². The second-order valence-electron chi connectivity index (χ2n) is 3.33. The molecule has 4 N–H and O–H groups in total. The Labute approximate surface area is 97.5 Å². The van der Waals surface area contributed by atoms with Gasteiger partial charge in [-0.2, -0.15) is 0 Å². The van der Waals surface area contributed by atoms with Crippen LogP contribution in [0.25, 0.3) is 0 Å². The Bertz CT molecular complexity index is 434. The normalized spacial score (nSPS) is 9.94. The van der Waals surface area contributed by atoms with Gasteiger partial charge in [-0.05, 0) is 11.6 Å². The first-order valence-corrected chi connectivity index (χ1v) is 4.93. The second-order valence-corrected chi connectivity index (χ2v) is 3.33. The van der Waals surface area contributed by atoms with Crippen molar-refractivity contribution < 1.29 is 14.5 Å². The van der Waals surface area contributed by atoms with Gasteiger partial charge < -0.3 is 16.2 Å². The zero-order chi connectivity index (χ0) is 12.8. The van der Waals surface area contributed by atoms with E-state index in [1.54, 1.807) is 6.07 Å². The quantitative estimate of drug-likeness (QED) is 0.546. The fourth-order valence-electron chi connectivity index (χ4n) is 1.22. The summed E-state index contributed by atoms with van der Waals surface area (Å²) in [7, 11) is 0. The minimum atomic E-state index is -0.557. The SMILES string of the molecule is NCc1ccc(OCCC(N)=O)c([N+](=O)[O-])c1. The predicted octanol–water partition coefficient (Wildman–Crippen LogP) is 0.308. The Morgan fingerprint density at radius 3 is 2.71 bits per heavy atom. The van der Waals surface area contributed by atoms with Crippen molar-refractivity contribution in [1.82, 2.24) is 0 Å². The number of ether oxygens (including phenoxy) is 1. The predicted molar refractivity (Wildman–Crippen MR) is 60.3 cm³/mol. The van der Waals surface area contributed by atoms with Crippen molar-refractivity contribution in [3.05, 3.63) is 33.9 Å². The van der Waals surface area contributed by atoms with Crippen LogP contribution in [-0.2, 0) is 11.3 Å². The van der Waals surface area contributed by atoms with E-state index in [9.17, 15) is 14.9 Å². The van der Waals surface area contributed by atoms with Crippen molar-refractivity contribution in [2.24, 2.45) is 11.5 Å². The van der Waals surface area contributed by atoms with Gasteiger partial charge in [-0.1, -0.05) is 6.07 Å². The average Bonchev–Trinajstić information content (AvgIpc) is 2.28. The van der Waals surface area contributed by atoms with E-state index < -0.39 is 10.8 Å². The lowest BCUT2D eigenvalue weighted by Gasteiger charge is -2.06. The lowest BCUT2D eigenvalue weighted by Crippen LogP contribution is -2.15. The van der Waals surface area contributed by atoms with Gasteiger partial charge in [-0.15, -0.1) is 0 Å². The summed E-state index contributed by atoms with van der Waals surface area (Å²) in [4.78, 5) is 20.7. The Morgan fingerprint density at radius 1 is 1.47 bits per heavy atom. The Hall–Kier alpha value is -2.15. The van der Waals surface area contributed by atoms with Gasteiger partial charge in [-0.25, -0.2) is 0 Å². The van der Waals surface area contributed by atoms with Crippen LogP contribution < -0.4 is 16.2 Å². The molecule has 1 aromatic carbocycles. The molecule has 0 bridgehead atoms. The van der Waals surface area contributed by atoms with Gasteiger partial charge >= 0.3 is 5.69 Å². The highest BCUT2D eigenvalue weighted by atomic mass is 16.6. The second kappa shape index (κ2) is 5.80. The van der Waals surface area contributed by atoms with Gasteiger partial charge in [0.25, 0.3) is 0 Å². The van der Waals surface area contributed by atoms with Crippen LogP contribution in [0.2, 0.25) is 0 Å². The summed E-state index contributed by atoms with van der Waals surface area (Å²) in [5.41, 5.74) is 10.8. The molecule has 7 nitrogen and oxygen atoms in total. The molecular weight excluding hydrogens is 226 g/mol. The Balaban J connectivity index is 2.83. The number of hydrogen-bond acceptors (Lipinski definition) is 5. The number of carbonyl (C=O) groups is 1. The molecule has 0 heterocycles. The first-order valence-electron chi connectivity index (χ1n) is 4.93. The highest BCUT2D eigenvalue weighted by molar-refractivity contribution is 5.73. The number of nitro groups is 1. The van der Waals surface area contributed by atoms with E-state index in [1.165, 1.54) is 12.1 Å². The fraction of sp³-hybridized carbons (Fsp3) is 0.300. The molecule has 1 aromatic rings. The van der Waals surface area contributed by atoms with E-state index in [2.05, 4.69) is 0 Å². The molecule has 1 amide bonds. The third-order valence-electron chi connectivity index (χ3n) is 2.06. The van der Waals surface area contributed by atoms with Gasteiger partial charge in [0.1, 0.15) is 0 Å². The number of hydrogen-bond donors (Lipinski definition) is 2. The van der Waals surface area contributed by atoms with Gasteiger partial charge in [0, 0.05) is 12.6 Å². The van der Waals surface area contributed by atoms with Crippen molar-refractivity contribution in [3.8, 4) is 5.75 Å². The maximum atomic E-state index is 10.8. The third kappa shape index (κ3) is 3.72. The highest BCUT2D eigenvalue weighted by Crippen LogP contribution is 2.27. The lowest BCUT2D eigenvalue weighted by atomic mass is 10.2. The highest BCUT2D eigenvalue weighted by Gasteiger charge is 2.15. The average molecular weight is 239 g/mol. The summed E-state index contributed by atoms with van der Waals surface area (Å²) in [6, 6.07) is 4.44. The van der Waals surface area contributed by atoms with Crippen LogP contribution in [0.5, 0.6) is 5.75 Å². The summed E-state index contributed by atoms with van der Waals surface area (Å²) in [5, 5.41) is 10.8. The summed E-state index contributed by atoms with van der Waals surface area (Å²) in [6.07, 6.45) is 0.00972. The number of nitro benzene ring substituents is 1. The standard InChI is InChI=1S/C10H13N3O4/c11-6-7-1-2-9(8(5-7)13(15)16)17-4-3-10(12)14/h1-2,5H,3-4,6,11H2,(H2,12,14). The maximum absolute atomic E-state index is 10.8. The van der Waals surface area contributed by atoms with Gasteiger partial charge in [0.15, 0.2) is 5.75 Å². The zero-order valence-electron chi connectivity index (χ0n) is 9.09. The Kier molecular flexibility index (Phi) is 4.41. The molecule has 0 atom stereocenters. The van der Waals surface area contributed by atoms with Crippen molar-refractivity contribution in [3.63, 3.8) is 0 Å². The number of rotatable bonds is 6. The molecule has 0 saturated carbocycles. The van der Waals surface area contributed by atoms with Crippen LogP contribution in [-0.4, -0.2) is 17.4 Å². The molecule has 0 spiro atoms. The molecule has 0 radical (unpaired) electrons. The van der Waals surface area contributed by atoms with Crippen molar-refractivity contribution >= 4 is 11.6 Å². The molecule has 0 aliphatic carbocycles. The third-order valence-corrected chi connectivity index (χ3v) is 2.06. The Morgan fingerprint density at radius 2 is 2.18 bits per heavy atom. The van der Waals surface area contributed by atoms with Crippen LogP contribution in [0.1, 0.15) is 12.0 Å². The van der Waals surface area contributed by atoms with Crippen LogP contribution in [0.4, 0.5) is 5.69 Å². The minimum Gasteiger partial charge on any atom is -0.486 e. The molecule has 17 heavy (non-hydrogen) atoms. The molecule has 0 aliphatic rings. The summed E-state index contributed by atoms with van der Waals surface area (Å²) >= 11 is 0. The summed E-state index contributed by atoms with van der Waals surface area (Å²) in [5.74, 6) is -0.417. The molecule has 0 unspecified atom stereocenters.